The Morgan fingerprint density at radius 2 is 1.92 bits per heavy atom. The summed E-state index contributed by atoms with van der Waals surface area (Å²) in [5, 5.41) is 0.824. The summed E-state index contributed by atoms with van der Waals surface area (Å²) in [5.41, 5.74) is 0.718. The molecule has 1 rings (SSSR count). The zero-order valence-corrected chi connectivity index (χ0v) is 9.58. The average molecular weight is 217 g/mol. The molecule has 1 nitrogen and oxygen atoms in total. The lowest BCUT2D eigenvalue weighted by molar-refractivity contribution is 0.108. The molecular weight excluding hydrogens is 204 g/mol. The van der Waals surface area contributed by atoms with Gasteiger partial charge in [-0.2, -0.15) is 10.0 Å². The number of carbonyl (C=O) groups is 1. The zero-order valence-electron chi connectivity index (χ0n) is 8.00. The summed E-state index contributed by atoms with van der Waals surface area (Å²) in [6, 6.07) is 7.12. The average Bonchev–Trinajstić information content (AvgIpc) is 2.01. The van der Waals surface area contributed by atoms with Gasteiger partial charge in [0, 0.05) is 10.6 Å². The van der Waals surface area contributed by atoms with E-state index in [0.29, 0.717) is 5.02 Å². The van der Waals surface area contributed by atoms with E-state index in [1.165, 1.54) is 0 Å². The van der Waals surface area contributed by atoms with Crippen LogP contribution >= 0.6 is 21.6 Å². The zero-order chi connectivity index (χ0) is 10.1. The maximum Gasteiger partial charge on any atom is 0.201 e. The molecule has 0 N–H and O–H groups in total. The highest BCUT2D eigenvalue weighted by molar-refractivity contribution is 8.44. The normalized spacial score (nSPS) is 12.6. The molecule has 0 radical (unpaired) electrons. The first-order chi connectivity index (χ1) is 5.91. The van der Waals surface area contributed by atoms with Crippen LogP contribution in [0.25, 0.3) is 0 Å². The van der Waals surface area contributed by atoms with Gasteiger partial charge in [0.15, 0.2) is 0 Å². The van der Waals surface area contributed by atoms with Crippen LogP contribution in [0.4, 0.5) is 0 Å². The Kier molecular flexibility index (Phi) is 3.04. The third-order valence-electron chi connectivity index (χ3n) is 1.62. The summed E-state index contributed by atoms with van der Waals surface area (Å²) in [7, 11) is -1.17. The molecule has 1 aromatic carbocycles. The van der Waals surface area contributed by atoms with Gasteiger partial charge < -0.3 is 0 Å². The van der Waals surface area contributed by atoms with Crippen LogP contribution < -0.4 is 0 Å². The minimum absolute atomic E-state index is 0.204. The second-order valence-electron chi connectivity index (χ2n) is 3.63. The molecule has 0 spiro atoms. The molecule has 0 unspecified atom stereocenters. The van der Waals surface area contributed by atoms with Gasteiger partial charge in [-0.25, -0.2) is 0 Å². The SMILES string of the molecule is CS(C)(C)C(=O)c1cccc(Cl)c1. The van der Waals surface area contributed by atoms with E-state index >= 15 is 0 Å². The van der Waals surface area contributed by atoms with E-state index in [2.05, 4.69) is 0 Å². The lowest BCUT2D eigenvalue weighted by atomic mass is 10.2. The minimum atomic E-state index is -1.17. The first-order valence-electron chi connectivity index (χ1n) is 3.89. The standard InChI is InChI=1S/C10H13ClOS/c1-13(2,3)10(12)8-5-4-6-9(11)7-8/h4-7H,1-3H3. The largest absolute Gasteiger partial charge is 0.283 e. The van der Waals surface area contributed by atoms with Crippen molar-refractivity contribution in [1.29, 1.82) is 0 Å². The van der Waals surface area contributed by atoms with Crippen LogP contribution in [0.3, 0.4) is 0 Å². The Hall–Kier alpha value is -0.470. The van der Waals surface area contributed by atoms with Crippen LogP contribution in [0.15, 0.2) is 24.3 Å². The Morgan fingerprint density at radius 1 is 1.31 bits per heavy atom. The molecule has 0 aromatic heterocycles. The monoisotopic (exact) mass is 216 g/mol. The fourth-order valence-corrected chi connectivity index (χ4v) is 1.99. The molecule has 72 valence electrons. The fraction of sp³-hybridized carbons (Fsp3) is 0.300. The van der Waals surface area contributed by atoms with Crippen molar-refractivity contribution in [1.82, 2.24) is 0 Å². The predicted molar refractivity (Wildman–Crippen MR) is 61.1 cm³/mol. The molecule has 0 aliphatic carbocycles. The Morgan fingerprint density at radius 3 is 2.38 bits per heavy atom. The van der Waals surface area contributed by atoms with Crippen molar-refractivity contribution in [2.75, 3.05) is 18.8 Å². The maximum atomic E-state index is 11.8. The highest BCUT2D eigenvalue weighted by atomic mass is 35.5. The van der Waals surface area contributed by atoms with Crippen LogP contribution in [0.5, 0.6) is 0 Å². The van der Waals surface area contributed by atoms with Crippen LogP contribution in [-0.2, 0) is 0 Å². The van der Waals surface area contributed by atoms with Gasteiger partial charge in [0.2, 0.25) is 5.12 Å². The topological polar surface area (TPSA) is 17.1 Å². The van der Waals surface area contributed by atoms with Crippen molar-refractivity contribution in [3.8, 4) is 0 Å². The summed E-state index contributed by atoms with van der Waals surface area (Å²) in [6.07, 6.45) is 5.95. The lowest BCUT2D eigenvalue weighted by Gasteiger charge is -2.22. The van der Waals surface area contributed by atoms with Gasteiger partial charge >= 0.3 is 0 Å². The van der Waals surface area contributed by atoms with Crippen LogP contribution in [0.2, 0.25) is 5.02 Å². The number of rotatable bonds is 1. The van der Waals surface area contributed by atoms with Crippen molar-refractivity contribution in [3.63, 3.8) is 0 Å². The van der Waals surface area contributed by atoms with E-state index in [0.717, 1.165) is 5.56 Å². The van der Waals surface area contributed by atoms with E-state index in [1.54, 1.807) is 18.2 Å². The lowest BCUT2D eigenvalue weighted by Crippen LogP contribution is -2.08. The predicted octanol–water partition coefficient (Wildman–Crippen LogP) is 3.17. The summed E-state index contributed by atoms with van der Waals surface area (Å²) in [5.74, 6) is 0. The Bertz CT molecular complexity index is 328. The summed E-state index contributed by atoms with van der Waals surface area (Å²) in [6.45, 7) is 0. The number of hydrogen-bond donors (Lipinski definition) is 0. The first-order valence-corrected chi connectivity index (χ1v) is 7.13. The molecule has 0 heterocycles. The number of hydrogen-bond acceptors (Lipinski definition) is 1. The van der Waals surface area contributed by atoms with E-state index in [9.17, 15) is 4.79 Å². The van der Waals surface area contributed by atoms with Crippen molar-refractivity contribution < 1.29 is 4.79 Å². The molecule has 0 atom stereocenters. The molecule has 3 heteroatoms. The van der Waals surface area contributed by atoms with Crippen molar-refractivity contribution in [2.45, 2.75) is 0 Å². The van der Waals surface area contributed by atoms with Gasteiger partial charge in [0.25, 0.3) is 0 Å². The van der Waals surface area contributed by atoms with Crippen LogP contribution in [0, 0.1) is 0 Å². The second-order valence-corrected chi connectivity index (χ2v) is 8.12. The summed E-state index contributed by atoms with van der Waals surface area (Å²) in [4.78, 5) is 11.8. The van der Waals surface area contributed by atoms with Crippen molar-refractivity contribution in [3.05, 3.63) is 34.9 Å². The summed E-state index contributed by atoms with van der Waals surface area (Å²) < 4.78 is 0. The molecular formula is C10H13ClOS. The third kappa shape index (κ3) is 2.75. The molecule has 0 aliphatic rings. The van der Waals surface area contributed by atoms with Gasteiger partial charge in [-0.1, -0.05) is 23.7 Å². The van der Waals surface area contributed by atoms with Crippen LogP contribution in [0.1, 0.15) is 10.4 Å². The van der Waals surface area contributed by atoms with E-state index in [1.807, 2.05) is 24.8 Å². The molecule has 0 fully saturated rings. The smallest absolute Gasteiger partial charge is 0.201 e. The van der Waals surface area contributed by atoms with Crippen molar-refractivity contribution >= 4 is 26.7 Å². The van der Waals surface area contributed by atoms with Gasteiger partial charge in [-0.05, 0) is 30.9 Å². The molecule has 0 saturated carbocycles. The minimum Gasteiger partial charge on any atom is -0.283 e. The molecule has 0 saturated heterocycles. The molecule has 13 heavy (non-hydrogen) atoms. The number of halogens is 1. The second kappa shape index (κ2) is 3.72. The van der Waals surface area contributed by atoms with Gasteiger partial charge in [-0.15, -0.1) is 0 Å². The van der Waals surface area contributed by atoms with Gasteiger partial charge in [0.1, 0.15) is 0 Å². The van der Waals surface area contributed by atoms with E-state index < -0.39 is 10.0 Å². The quantitative estimate of drug-likeness (QED) is 0.705. The molecule has 0 amide bonds. The Labute approximate surface area is 85.4 Å². The first kappa shape index (κ1) is 10.6. The van der Waals surface area contributed by atoms with Crippen LogP contribution in [-0.4, -0.2) is 23.9 Å². The van der Waals surface area contributed by atoms with Crippen molar-refractivity contribution in [2.24, 2.45) is 0 Å². The number of benzene rings is 1. The van der Waals surface area contributed by atoms with Gasteiger partial charge in [0.05, 0.1) is 0 Å². The van der Waals surface area contributed by atoms with E-state index in [-0.39, 0.29) is 5.12 Å². The highest BCUT2D eigenvalue weighted by Crippen LogP contribution is 2.39. The highest BCUT2D eigenvalue weighted by Gasteiger charge is 2.17. The Balaban J connectivity index is 3.03. The van der Waals surface area contributed by atoms with Gasteiger partial charge in [-0.3, -0.25) is 4.79 Å². The fourth-order valence-electron chi connectivity index (χ4n) is 0.969. The summed E-state index contributed by atoms with van der Waals surface area (Å²) >= 11 is 5.80. The number of carbonyl (C=O) groups excluding carboxylic acids is 1. The molecule has 1 aromatic rings. The van der Waals surface area contributed by atoms with E-state index in [4.69, 9.17) is 11.6 Å². The third-order valence-corrected chi connectivity index (χ3v) is 3.20. The molecule has 0 bridgehead atoms. The molecule has 0 aliphatic heterocycles. The maximum absolute atomic E-state index is 11.8.